The highest BCUT2D eigenvalue weighted by Gasteiger charge is 2.25. The SMILES string of the molecule is Cc1sc2nc(SC[C@H](O)c3ccccc3F)n(C3CCCC3)c(=O)c2c1C. The van der Waals surface area contributed by atoms with Gasteiger partial charge < -0.3 is 5.11 Å². The van der Waals surface area contributed by atoms with E-state index in [0.717, 1.165) is 41.0 Å². The van der Waals surface area contributed by atoms with E-state index >= 15 is 0 Å². The Morgan fingerprint density at radius 3 is 2.75 bits per heavy atom. The molecule has 2 aromatic heterocycles. The van der Waals surface area contributed by atoms with Crippen LogP contribution in [0, 0.1) is 19.7 Å². The van der Waals surface area contributed by atoms with Crippen molar-refractivity contribution in [3.8, 4) is 0 Å². The number of benzene rings is 1. The van der Waals surface area contributed by atoms with Gasteiger partial charge in [0.25, 0.3) is 5.56 Å². The Bertz CT molecular complexity index is 1070. The van der Waals surface area contributed by atoms with Crippen LogP contribution in [0.3, 0.4) is 0 Å². The van der Waals surface area contributed by atoms with Gasteiger partial charge in [0.15, 0.2) is 5.16 Å². The number of thiophene rings is 1. The molecule has 28 heavy (non-hydrogen) atoms. The summed E-state index contributed by atoms with van der Waals surface area (Å²) >= 11 is 2.86. The van der Waals surface area contributed by atoms with Crippen LogP contribution in [0.1, 0.15) is 53.8 Å². The molecule has 0 amide bonds. The van der Waals surface area contributed by atoms with E-state index in [1.54, 1.807) is 18.2 Å². The number of aryl methyl sites for hydroxylation is 2. The first-order valence-corrected chi connectivity index (χ1v) is 11.3. The van der Waals surface area contributed by atoms with Gasteiger partial charge in [0.2, 0.25) is 0 Å². The van der Waals surface area contributed by atoms with Gasteiger partial charge in [-0.1, -0.05) is 42.8 Å². The first-order valence-electron chi connectivity index (χ1n) is 9.55. The average molecular weight is 419 g/mol. The molecule has 4 rings (SSSR count). The minimum Gasteiger partial charge on any atom is -0.387 e. The first kappa shape index (κ1) is 19.6. The van der Waals surface area contributed by atoms with Crippen LogP contribution in [0.25, 0.3) is 10.2 Å². The number of nitrogens with zero attached hydrogens (tertiary/aromatic N) is 2. The van der Waals surface area contributed by atoms with Crippen molar-refractivity contribution < 1.29 is 9.50 Å². The second kappa shape index (κ2) is 7.97. The molecule has 3 aromatic rings. The zero-order valence-electron chi connectivity index (χ0n) is 15.9. The summed E-state index contributed by atoms with van der Waals surface area (Å²) in [5, 5.41) is 11.8. The zero-order chi connectivity index (χ0) is 19.8. The van der Waals surface area contributed by atoms with Gasteiger partial charge in [-0.25, -0.2) is 9.37 Å². The number of hydrogen-bond acceptors (Lipinski definition) is 5. The van der Waals surface area contributed by atoms with Gasteiger partial charge in [-0.05, 0) is 38.3 Å². The molecule has 0 spiro atoms. The van der Waals surface area contributed by atoms with Gasteiger partial charge in [0.05, 0.1) is 11.5 Å². The third-order valence-corrected chi connectivity index (χ3v) is 7.66. The molecule has 0 unspecified atom stereocenters. The number of aliphatic hydroxyl groups is 1. The number of thioether (sulfide) groups is 1. The van der Waals surface area contributed by atoms with E-state index in [2.05, 4.69) is 0 Å². The smallest absolute Gasteiger partial charge is 0.263 e. The standard InChI is InChI=1S/C21H23FN2O2S2/c1-12-13(2)28-19-18(12)20(26)24(14-7-3-4-8-14)21(23-19)27-11-17(25)15-9-5-6-10-16(15)22/h5-6,9-10,14,17,25H,3-4,7-8,11H2,1-2H3/t17-/m0/s1. The maximum Gasteiger partial charge on any atom is 0.263 e. The van der Waals surface area contributed by atoms with E-state index in [0.29, 0.717) is 10.5 Å². The number of fused-ring (bicyclic) bond motifs is 1. The molecule has 0 radical (unpaired) electrons. The summed E-state index contributed by atoms with van der Waals surface area (Å²) in [6, 6.07) is 6.40. The van der Waals surface area contributed by atoms with Gasteiger partial charge in [0.1, 0.15) is 10.6 Å². The van der Waals surface area contributed by atoms with Gasteiger partial charge in [0, 0.05) is 22.2 Å². The molecular formula is C21H23FN2O2S2. The minimum atomic E-state index is -0.956. The topological polar surface area (TPSA) is 55.1 Å². The molecule has 148 valence electrons. The lowest BCUT2D eigenvalue weighted by Gasteiger charge is -2.19. The second-order valence-corrected chi connectivity index (χ2v) is 9.51. The Hall–Kier alpha value is -1.70. The first-order chi connectivity index (χ1) is 13.5. The van der Waals surface area contributed by atoms with E-state index in [1.165, 1.54) is 29.2 Å². The predicted octanol–water partition coefficient (Wildman–Crippen LogP) is 5.15. The Labute approximate surface area is 171 Å². The van der Waals surface area contributed by atoms with Gasteiger partial charge in [-0.15, -0.1) is 11.3 Å². The quantitative estimate of drug-likeness (QED) is 0.460. The highest BCUT2D eigenvalue weighted by molar-refractivity contribution is 7.99. The number of hydrogen-bond donors (Lipinski definition) is 1. The fourth-order valence-electron chi connectivity index (χ4n) is 3.86. The number of aromatic nitrogens is 2. The number of aliphatic hydroxyl groups excluding tert-OH is 1. The van der Waals surface area contributed by atoms with Crippen LogP contribution in [0.15, 0.2) is 34.2 Å². The Kier molecular flexibility index (Phi) is 5.58. The van der Waals surface area contributed by atoms with Crippen LogP contribution in [0.4, 0.5) is 4.39 Å². The Balaban J connectivity index is 1.72. The van der Waals surface area contributed by atoms with E-state index < -0.39 is 11.9 Å². The average Bonchev–Trinajstić information content (AvgIpc) is 3.29. The molecule has 1 aliphatic carbocycles. The third-order valence-electron chi connectivity index (χ3n) is 5.53. The zero-order valence-corrected chi connectivity index (χ0v) is 17.6. The van der Waals surface area contributed by atoms with Crippen molar-refractivity contribution in [3.63, 3.8) is 0 Å². The van der Waals surface area contributed by atoms with Gasteiger partial charge >= 0.3 is 0 Å². The molecule has 0 aliphatic heterocycles. The molecule has 1 aliphatic rings. The lowest BCUT2D eigenvalue weighted by atomic mass is 10.1. The van der Waals surface area contributed by atoms with Crippen molar-refractivity contribution in [2.45, 2.75) is 56.8 Å². The molecule has 4 nitrogen and oxygen atoms in total. The van der Waals surface area contributed by atoms with Crippen LogP contribution < -0.4 is 5.56 Å². The van der Waals surface area contributed by atoms with Gasteiger partial charge in [-0.3, -0.25) is 9.36 Å². The van der Waals surface area contributed by atoms with Gasteiger partial charge in [-0.2, -0.15) is 0 Å². The van der Waals surface area contributed by atoms with Crippen LogP contribution in [-0.4, -0.2) is 20.4 Å². The summed E-state index contributed by atoms with van der Waals surface area (Å²) in [5.74, 6) is -0.175. The summed E-state index contributed by atoms with van der Waals surface area (Å²) in [6.07, 6.45) is 3.21. The maximum atomic E-state index is 14.0. The summed E-state index contributed by atoms with van der Waals surface area (Å²) in [4.78, 5) is 20.0. The monoisotopic (exact) mass is 418 g/mol. The van der Waals surface area contributed by atoms with Crippen molar-refractivity contribution in [1.29, 1.82) is 0 Å². The molecule has 1 aromatic carbocycles. The van der Waals surface area contributed by atoms with E-state index in [1.807, 2.05) is 18.4 Å². The van der Waals surface area contributed by atoms with E-state index in [4.69, 9.17) is 4.98 Å². The summed E-state index contributed by atoms with van der Waals surface area (Å²) in [6.45, 7) is 3.99. The summed E-state index contributed by atoms with van der Waals surface area (Å²) in [5.41, 5.74) is 1.29. The molecule has 1 N–H and O–H groups in total. The third kappa shape index (κ3) is 3.51. The van der Waals surface area contributed by atoms with Crippen molar-refractivity contribution in [1.82, 2.24) is 9.55 Å². The molecule has 0 bridgehead atoms. The molecule has 0 saturated heterocycles. The minimum absolute atomic E-state index is 0.0154. The van der Waals surface area contributed by atoms with E-state index in [9.17, 15) is 14.3 Å². The van der Waals surface area contributed by atoms with Crippen molar-refractivity contribution >= 4 is 33.3 Å². The highest BCUT2D eigenvalue weighted by Crippen LogP contribution is 2.35. The molecule has 7 heteroatoms. The molecule has 1 atom stereocenters. The summed E-state index contributed by atoms with van der Waals surface area (Å²) < 4.78 is 15.8. The maximum absolute atomic E-state index is 14.0. The number of rotatable bonds is 5. The lowest BCUT2D eigenvalue weighted by Crippen LogP contribution is -2.26. The summed E-state index contributed by atoms with van der Waals surface area (Å²) in [7, 11) is 0. The normalized spacial score (nSPS) is 16.1. The number of halogens is 1. The molecule has 1 saturated carbocycles. The van der Waals surface area contributed by atoms with Crippen molar-refractivity contribution in [2.75, 3.05) is 5.75 Å². The van der Waals surface area contributed by atoms with E-state index in [-0.39, 0.29) is 22.9 Å². The largest absolute Gasteiger partial charge is 0.387 e. The van der Waals surface area contributed by atoms with Crippen LogP contribution in [0.5, 0.6) is 0 Å². The van der Waals surface area contributed by atoms with Crippen LogP contribution in [-0.2, 0) is 0 Å². The van der Waals surface area contributed by atoms with Crippen molar-refractivity contribution in [2.24, 2.45) is 0 Å². The fraction of sp³-hybridized carbons (Fsp3) is 0.429. The van der Waals surface area contributed by atoms with Crippen LogP contribution >= 0.6 is 23.1 Å². The van der Waals surface area contributed by atoms with Crippen molar-refractivity contribution in [3.05, 3.63) is 56.4 Å². The predicted molar refractivity (Wildman–Crippen MR) is 113 cm³/mol. The highest BCUT2D eigenvalue weighted by atomic mass is 32.2. The second-order valence-electron chi connectivity index (χ2n) is 7.32. The van der Waals surface area contributed by atoms with Crippen LogP contribution in [0.2, 0.25) is 0 Å². The molecule has 2 heterocycles. The molecule has 1 fully saturated rings. The Morgan fingerprint density at radius 1 is 1.32 bits per heavy atom. The lowest BCUT2D eigenvalue weighted by molar-refractivity contribution is 0.199. The molecular weight excluding hydrogens is 395 g/mol. The fourth-order valence-corrected chi connectivity index (χ4v) is 5.95. The Morgan fingerprint density at radius 2 is 2.04 bits per heavy atom.